The normalized spacial score (nSPS) is 29.1. The molecule has 124 valence electrons. The quantitative estimate of drug-likeness (QED) is 0.548. The predicted octanol–water partition coefficient (Wildman–Crippen LogP) is 4.62. The predicted molar refractivity (Wildman–Crippen MR) is 89.8 cm³/mol. The van der Waals surface area contributed by atoms with Crippen molar-refractivity contribution < 1.29 is 14.0 Å². The van der Waals surface area contributed by atoms with E-state index in [2.05, 4.69) is 47.7 Å². The molecule has 1 aliphatic rings. The van der Waals surface area contributed by atoms with E-state index in [4.69, 9.17) is 9.16 Å². The number of ether oxygens (including phenoxy) is 1. The van der Waals surface area contributed by atoms with E-state index in [0.29, 0.717) is 18.4 Å². The average molecular weight is 315 g/mol. The summed E-state index contributed by atoms with van der Waals surface area (Å²) in [6.45, 7) is 18.4. The Labute approximate surface area is 131 Å². The summed E-state index contributed by atoms with van der Waals surface area (Å²) >= 11 is 0. The molecule has 0 saturated carbocycles. The Morgan fingerprint density at radius 2 is 1.90 bits per heavy atom. The van der Waals surface area contributed by atoms with Crippen LogP contribution in [0.4, 0.5) is 0 Å². The van der Waals surface area contributed by atoms with Crippen molar-refractivity contribution in [3.8, 4) is 0 Å². The monoisotopic (exact) mass is 314 g/mol. The summed E-state index contributed by atoms with van der Waals surface area (Å²) in [7, 11) is -1.74. The van der Waals surface area contributed by atoms with Crippen LogP contribution in [0.1, 0.15) is 54.4 Å². The molecule has 0 spiro atoms. The molecule has 3 nitrogen and oxygen atoms in total. The van der Waals surface area contributed by atoms with Gasteiger partial charge in [-0.1, -0.05) is 41.5 Å². The van der Waals surface area contributed by atoms with Crippen LogP contribution < -0.4 is 0 Å². The van der Waals surface area contributed by atoms with Crippen LogP contribution in [0.3, 0.4) is 0 Å². The first-order valence-corrected chi connectivity index (χ1v) is 11.2. The zero-order valence-corrected chi connectivity index (χ0v) is 16.2. The van der Waals surface area contributed by atoms with Gasteiger partial charge in [0.05, 0.1) is 5.92 Å². The molecular weight excluding hydrogens is 280 g/mol. The fourth-order valence-electron chi connectivity index (χ4n) is 2.69. The third-order valence-corrected chi connectivity index (χ3v) is 9.89. The van der Waals surface area contributed by atoms with Gasteiger partial charge in [0.2, 0.25) is 0 Å². The molecule has 1 aliphatic heterocycles. The minimum atomic E-state index is -1.74. The molecule has 0 aromatic carbocycles. The zero-order valence-electron chi connectivity index (χ0n) is 15.2. The molecule has 21 heavy (non-hydrogen) atoms. The van der Waals surface area contributed by atoms with E-state index in [1.54, 1.807) is 0 Å². The fraction of sp³-hybridized carbons (Fsp3) is 0.941. The van der Waals surface area contributed by atoms with Crippen molar-refractivity contribution in [3.05, 3.63) is 0 Å². The van der Waals surface area contributed by atoms with E-state index < -0.39 is 8.32 Å². The maximum Gasteiger partial charge on any atom is 0.308 e. The average Bonchev–Trinajstić information content (AvgIpc) is 2.34. The summed E-state index contributed by atoms with van der Waals surface area (Å²) in [6, 6.07) is 0. The minimum Gasteiger partial charge on any atom is -0.461 e. The number of cyclic esters (lactones) is 1. The number of esters is 1. The Morgan fingerprint density at radius 3 is 2.38 bits per heavy atom. The zero-order chi connectivity index (χ0) is 16.4. The summed E-state index contributed by atoms with van der Waals surface area (Å²) in [4.78, 5) is 11.9. The molecule has 0 amide bonds. The highest BCUT2D eigenvalue weighted by atomic mass is 28.4. The highest BCUT2D eigenvalue weighted by Crippen LogP contribution is 2.38. The number of rotatable bonds is 5. The SMILES string of the molecule is CC[C@@H](CO[Si](C)(C)C(C)(C)C)[C@H]1OC(=O)[C@H](C)C[C@@H]1C. The molecule has 1 rings (SSSR count). The number of hydrogen-bond donors (Lipinski definition) is 0. The maximum atomic E-state index is 11.9. The first kappa shape index (κ1) is 18.7. The van der Waals surface area contributed by atoms with Gasteiger partial charge in [0.15, 0.2) is 8.32 Å². The van der Waals surface area contributed by atoms with Gasteiger partial charge in [0, 0.05) is 12.5 Å². The van der Waals surface area contributed by atoms with E-state index in [0.717, 1.165) is 12.8 Å². The van der Waals surface area contributed by atoms with Crippen LogP contribution in [0, 0.1) is 17.8 Å². The highest BCUT2D eigenvalue weighted by molar-refractivity contribution is 6.74. The molecule has 0 radical (unpaired) electrons. The topological polar surface area (TPSA) is 35.5 Å². The van der Waals surface area contributed by atoms with Crippen LogP contribution >= 0.6 is 0 Å². The van der Waals surface area contributed by atoms with Gasteiger partial charge in [-0.2, -0.15) is 0 Å². The van der Waals surface area contributed by atoms with E-state index in [1.807, 2.05) is 6.92 Å². The lowest BCUT2D eigenvalue weighted by molar-refractivity contribution is -0.169. The van der Waals surface area contributed by atoms with Gasteiger partial charge in [-0.05, 0) is 36.9 Å². The molecule has 4 heteroatoms. The van der Waals surface area contributed by atoms with Crippen molar-refractivity contribution in [2.75, 3.05) is 6.61 Å². The lowest BCUT2D eigenvalue weighted by Gasteiger charge is -2.40. The standard InChI is InChI=1S/C17H34O3Si/c1-9-14(11-19-21(7,8)17(4,5)6)15-12(2)10-13(3)16(18)20-15/h12-15H,9-11H2,1-8H3/t12-,13+,14-,15-/m0/s1. The van der Waals surface area contributed by atoms with Crippen molar-refractivity contribution >= 4 is 14.3 Å². The molecule has 0 aromatic rings. The molecule has 0 N–H and O–H groups in total. The van der Waals surface area contributed by atoms with Gasteiger partial charge in [-0.25, -0.2) is 0 Å². The first-order valence-electron chi connectivity index (χ1n) is 8.34. The molecule has 1 fully saturated rings. The van der Waals surface area contributed by atoms with Gasteiger partial charge < -0.3 is 9.16 Å². The van der Waals surface area contributed by atoms with Gasteiger partial charge in [0.1, 0.15) is 6.10 Å². The van der Waals surface area contributed by atoms with Gasteiger partial charge >= 0.3 is 5.97 Å². The molecule has 0 bridgehead atoms. The summed E-state index contributed by atoms with van der Waals surface area (Å²) in [5.41, 5.74) is 0. The van der Waals surface area contributed by atoms with Crippen molar-refractivity contribution in [3.63, 3.8) is 0 Å². The molecule has 1 heterocycles. The third-order valence-electron chi connectivity index (χ3n) is 5.39. The molecule has 0 aliphatic carbocycles. The molecule has 1 saturated heterocycles. The Balaban J connectivity index is 2.69. The molecule has 0 aromatic heterocycles. The third kappa shape index (κ3) is 4.56. The van der Waals surface area contributed by atoms with Crippen molar-refractivity contribution in [1.82, 2.24) is 0 Å². The first-order chi connectivity index (χ1) is 9.49. The van der Waals surface area contributed by atoms with Crippen LogP contribution in [-0.4, -0.2) is 27.0 Å². The second kappa shape index (κ2) is 6.82. The van der Waals surface area contributed by atoms with Crippen LogP contribution in [0.25, 0.3) is 0 Å². The highest BCUT2D eigenvalue weighted by Gasteiger charge is 2.41. The van der Waals surface area contributed by atoms with E-state index in [1.165, 1.54) is 0 Å². The van der Waals surface area contributed by atoms with Crippen LogP contribution in [-0.2, 0) is 14.0 Å². The van der Waals surface area contributed by atoms with Crippen molar-refractivity contribution in [1.29, 1.82) is 0 Å². The largest absolute Gasteiger partial charge is 0.461 e. The Hall–Kier alpha value is -0.353. The van der Waals surface area contributed by atoms with E-state index in [9.17, 15) is 4.79 Å². The lowest BCUT2D eigenvalue weighted by Crippen LogP contribution is -2.46. The summed E-state index contributed by atoms with van der Waals surface area (Å²) in [5, 5.41) is 0.217. The van der Waals surface area contributed by atoms with Crippen molar-refractivity contribution in [2.24, 2.45) is 17.8 Å². The van der Waals surface area contributed by atoms with Gasteiger partial charge in [-0.15, -0.1) is 0 Å². The Morgan fingerprint density at radius 1 is 1.33 bits per heavy atom. The Bertz CT molecular complexity index is 360. The summed E-state index contributed by atoms with van der Waals surface area (Å²) in [6.07, 6.45) is 1.94. The fourth-order valence-corrected chi connectivity index (χ4v) is 3.76. The van der Waals surface area contributed by atoms with E-state index in [-0.39, 0.29) is 23.0 Å². The second-order valence-electron chi connectivity index (χ2n) is 8.26. The second-order valence-corrected chi connectivity index (χ2v) is 13.1. The maximum absolute atomic E-state index is 11.9. The van der Waals surface area contributed by atoms with Crippen LogP contribution in [0.5, 0.6) is 0 Å². The van der Waals surface area contributed by atoms with Gasteiger partial charge in [-0.3, -0.25) is 4.79 Å². The molecule has 0 unspecified atom stereocenters. The number of carbonyl (C=O) groups is 1. The Kier molecular flexibility index (Phi) is 6.07. The van der Waals surface area contributed by atoms with Crippen LogP contribution in [0.15, 0.2) is 0 Å². The molecule has 4 atom stereocenters. The summed E-state index contributed by atoms with van der Waals surface area (Å²) < 4.78 is 12.1. The van der Waals surface area contributed by atoms with E-state index >= 15 is 0 Å². The van der Waals surface area contributed by atoms with Gasteiger partial charge in [0.25, 0.3) is 0 Å². The minimum absolute atomic E-state index is 0.0171. The number of hydrogen-bond acceptors (Lipinski definition) is 3. The molecular formula is C17H34O3Si. The summed E-state index contributed by atoms with van der Waals surface area (Å²) in [5.74, 6) is 0.732. The lowest BCUT2D eigenvalue weighted by atomic mass is 9.83. The number of carbonyl (C=O) groups excluding carboxylic acids is 1. The van der Waals surface area contributed by atoms with Crippen LogP contribution in [0.2, 0.25) is 18.1 Å². The smallest absolute Gasteiger partial charge is 0.308 e. The van der Waals surface area contributed by atoms with Crippen molar-refractivity contribution in [2.45, 2.75) is 78.6 Å².